The van der Waals surface area contributed by atoms with Crippen molar-refractivity contribution in [2.75, 3.05) is 6.54 Å². The molecule has 1 aromatic heterocycles. The lowest BCUT2D eigenvalue weighted by molar-refractivity contribution is -0.137. The molecular weight excluding hydrogens is 292 g/mol. The first kappa shape index (κ1) is 14.9. The molecule has 1 N–H and O–H groups in total. The van der Waals surface area contributed by atoms with E-state index in [1.165, 1.54) is 6.20 Å². The van der Waals surface area contributed by atoms with E-state index in [-0.39, 0.29) is 10.6 Å². The van der Waals surface area contributed by atoms with E-state index < -0.39 is 17.6 Å². The van der Waals surface area contributed by atoms with Gasteiger partial charge >= 0.3 is 6.18 Å². The molecule has 0 fully saturated rings. The fourth-order valence-corrected chi connectivity index (χ4v) is 2.61. The molecule has 0 aliphatic rings. The molecule has 0 aliphatic heterocycles. The van der Waals surface area contributed by atoms with Gasteiger partial charge < -0.3 is 5.32 Å². The average Bonchev–Trinajstić information content (AvgIpc) is 2.83. The standard InChI is InChI=1S/C13H12F4N2S/c1-2-18-6-9-7-19-12(20-9)10-5-8(14)3-4-11(10)13(15,16)17/h3-5,7,18H,2,6H2,1H3. The summed E-state index contributed by atoms with van der Waals surface area (Å²) in [6.45, 7) is 3.21. The van der Waals surface area contributed by atoms with Gasteiger partial charge in [-0.2, -0.15) is 13.2 Å². The van der Waals surface area contributed by atoms with Gasteiger partial charge in [0.2, 0.25) is 0 Å². The Hall–Kier alpha value is -1.47. The second kappa shape index (κ2) is 5.88. The Bertz CT molecular complexity index is 592. The largest absolute Gasteiger partial charge is 0.417 e. The summed E-state index contributed by atoms with van der Waals surface area (Å²) in [5.41, 5.74) is -1.09. The molecule has 1 heterocycles. The quantitative estimate of drug-likeness (QED) is 0.861. The third-order valence-corrected chi connectivity index (χ3v) is 3.65. The lowest BCUT2D eigenvalue weighted by Crippen LogP contribution is -2.10. The third kappa shape index (κ3) is 3.34. The maximum Gasteiger partial charge on any atom is 0.417 e. The van der Waals surface area contributed by atoms with Gasteiger partial charge in [0, 0.05) is 23.2 Å². The summed E-state index contributed by atoms with van der Waals surface area (Å²) in [5.74, 6) is -0.712. The maximum atomic E-state index is 13.2. The molecule has 0 bridgehead atoms. The van der Waals surface area contributed by atoms with Crippen molar-refractivity contribution in [3.8, 4) is 10.6 Å². The number of nitrogens with one attached hydrogen (secondary N) is 1. The van der Waals surface area contributed by atoms with Gasteiger partial charge in [-0.25, -0.2) is 9.37 Å². The zero-order valence-corrected chi connectivity index (χ0v) is 11.4. The molecule has 2 nitrogen and oxygen atoms in total. The predicted octanol–water partition coefficient (Wildman–Crippen LogP) is 4.08. The second-order valence-electron chi connectivity index (χ2n) is 4.10. The molecule has 0 saturated carbocycles. The van der Waals surface area contributed by atoms with Crippen LogP contribution in [-0.4, -0.2) is 11.5 Å². The van der Waals surface area contributed by atoms with Crippen LogP contribution in [-0.2, 0) is 12.7 Å². The number of nitrogens with zero attached hydrogens (tertiary/aromatic N) is 1. The first-order chi connectivity index (χ1) is 9.41. The molecule has 2 rings (SSSR count). The van der Waals surface area contributed by atoms with Crippen LogP contribution in [0.2, 0.25) is 0 Å². The minimum atomic E-state index is -4.53. The number of benzene rings is 1. The van der Waals surface area contributed by atoms with E-state index in [0.29, 0.717) is 6.54 Å². The van der Waals surface area contributed by atoms with Gasteiger partial charge in [0.05, 0.1) is 5.56 Å². The summed E-state index contributed by atoms with van der Waals surface area (Å²) in [6.07, 6.45) is -3.02. The molecule has 7 heteroatoms. The molecule has 0 aliphatic carbocycles. The monoisotopic (exact) mass is 304 g/mol. The Balaban J connectivity index is 2.41. The van der Waals surface area contributed by atoms with Crippen molar-refractivity contribution < 1.29 is 17.6 Å². The topological polar surface area (TPSA) is 24.9 Å². The van der Waals surface area contributed by atoms with Crippen LogP contribution in [0.1, 0.15) is 17.4 Å². The second-order valence-corrected chi connectivity index (χ2v) is 5.21. The average molecular weight is 304 g/mol. The van der Waals surface area contributed by atoms with Crippen LogP contribution in [0.15, 0.2) is 24.4 Å². The van der Waals surface area contributed by atoms with Gasteiger partial charge in [-0.1, -0.05) is 6.92 Å². The van der Waals surface area contributed by atoms with Gasteiger partial charge in [0.1, 0.15) is 10.8 Å². The Morgan fingerprint density at radius 2 is 2.05 bits per heavy atom. The third-order valence-electron chi connectivity index (χ3n) is 2.62. The molecule has 0 spiro atoms. The summed E-state index contributed by atoms with van der Waals surface area (Å²) in [7, 11) is 0. The molecule has 108 valence electrons. The Kier molecular flexibility index (Phi) is 4.39. The van der Waals surface area contributed by atoms with E-state index >= 15 is 0 Å². The lowest BCUT2D eigenvalue weighted by Gasteiger charge is -2.10. The highest BCUT2D eigenvalue weighted by molar-refractivity contribution is 7.15. The van der Waals surface area contributed by atoms with Crippen LogP contribution in [0.4, 0.5) is 17.6 Å². The van der Waals surface area contributed by atoms with Crippen molar-refractivity contribution >= 4 is 11.3 Å². The molecule has 1 aromatic carbocycles. The summed E-state index contributed by atoms with van der Waals surface area (Å²) in [6, 6.07) is 2.42. The Morgan fingerprint density at radius 1 is 1.30 bits per heavy atom. The van der Waals surface area contributed by atoms with E-state index in [4.69, 9.17) is 0 Å². The summed E-state index contributed by atoms with van der Waals surface area (Å²) >= 11 is 1.12. The van der Waals surface area contributed by atoms with Crippen LogP contribution < -0.4 is 5.32 Å². The zero-order valence-electron chi connectivity index (χ0n) is 10.6. The SMILES string of the molecule is CCNCc1cnc(-c2cc(F)ccc2C(F)(F)F)s1. The number of thiazole rings is 1. The van der Waals surface area contributed by atoms with Crippen LogP contribution in [0.5, 0.6) is 0 Å². The fourth-order valence-electron chi connectivity index (χ4n) is 1.70. The van der Waals surface area contributed by atoms with Crippen molar-refractivity contribution in [2.45, 2.75) is 19.6 Å². The van der Waals surface area contributed by atoms with Gasteiger partial charge in [-0.3, -0.25) is 0 Å². The molecule has 20 heavy (non-hydrogen) atoms. The normalized spacial score (nSPS) is 11.8. The first-order valence-corrected chi connectivity index (χ1v) is 6.76. The van der Waals surface area contributed by atoms with E-state index in [2.05, 4.69) is 10.3 Å². The molecule has 2 aromatic rings. The Morgan fingerprint density at radius 3 is 2.70 bits per heavy atom. The van der Waals surface area contributed by atoms with Crippen molar-refractivity contribution in [2.24, 2.45) is 0 Å². The highest BCUT2D eigenvalue weighted by atomic mass is 32.1. The van der Waals surface area contributed by atoms with E-state index in [1.807, 2.05) is 6.92 Å². The smallest absolute Gasteiger partial charge is 0.312 e. The van der Waals surface area contributed by atoms with Crippen LogP contribution >= 0.6 is 11.3 Å². The first-order valence-electron chi connectivity index (χ1n) is 5.94. The molecule has 0 saturated heterocycles. The summed E-state index contributed by atoms with van der Waals surface area (Å²) in [4.78, 5) is 4.77. The minimum absolute atomic E-state index is 0.171. The lowest BCUT2D eigenvalue weighted by atomic mass is 10.1. The highest BCUT2D eigenvalue weighted by Gasteiger charge is 2.34. The van der Waals surface area contributed by atoms with Crippen LogP contribution in [0.3, 0.4) is 0 Å². The molecule has 0 unspecified atom stereocenters. The summed E-state index contributed by atoms with van der Waals surface area (Å²) in [5, 5.41) is 3.23. The Labute approximate surface area is 117 Å². The fraction of sp³-hybridized carbons (Fsp3) is 0.308. The molecule has 0 atom stereocenters. The highest BCUT2D eigenvalue weighted by Crippen LogP contribution is 2.38. The summed E-state index contributed by atoms with van der Waals surface area (Å²) < 4.78 is 52.0. The zero-order chi connectivity index (χ0) is 14.8. The minimum Gasteiger partial charge on any atom is -0.312 e. The molecular formula is C13H12F4N2S. The van der Waals surface area contributed by atoms with Crippen LogP contribution in [0.25, 0.3) is 10.6 Å². The predicted molar refractivity (Wildman–Crippen MR) is 69.9 cm³/mol. The molecule has 0 amide bonds. The number of halogens is 4. The van der Waals surface area contributed by atoms with Crippen LogP contribution in [0, 0.1) is 5.82 Å². The molecule has 0 radical (unpaired) electrons. The van der Waals surface area contributed by atoms with E-state index in [0.717, 1.165) is 41.0 Å². The maximum absolute atomic E-state index is 13.2. The van der Waals surface area contributed by atoms with Gasteiger partial charge in [-0.15, -0.1) is 11.3 Å². The van der Waals surface area contributed by atoms with Crippen molar-refractivity contribution in [1.29, 1.82) is 0 Å². The van der Waals surface area contributed by atoms with Gasteiger partial charge in [-0.05, 0) is 24.7 Å². The van der Waals surface area contributed by atoms with Gasteiger partial charge in [0.25, 0.3) is 0 Å². The number of alkyl halides is 3. The van der Waals surface area contributed by atoms with Gasteiger partial charge in [0.15, 0.2) is 0 Å². The number of hydrogen-bond acceptors (Lipinski definition) is 3. The van der Waals surface area contributed by atoms with Crippen molar-refractivity contribution in [3.63, 3.8) is 0 Å². The number of rotatable bonds is 4. The van der Waals surface area contributed by atoms with E-state index in [1.54, 1.807) is 0 Å². The van der Waals surface area contributed by atoms with E-state index in [9.17, 15) is 17.6 Å². The number of aromatic nitrogens is 1. The number of hydrogen-bond donors (Lipinski definition) is 1. The van der Waals surface area contributed by atoms with Crippen molar-refractivity contribution in [3.05, 3.63) is 40.7 Å². The van der Waals surface area contributed by atoms with Crippen molar-refractivity contribution in [1.82, 2.24) is 10.3 Å².